The average Bonchev–Trinajstić information content (AvgIpc) is 2.82. The van der Waals surface area contributed by atoms with E-state index >= 15 is 0 Å². The lowest BCUT2D eigenvalue weighted by Crippen LogP contribution is -2.50. The van der Waals surface area contributed by atoms with Gasteiger partial charge < -0.3 is 10.5 Å². The Hall–Kier alpha value is 0.230. The van der Waals surface area contributed by atoms with Crippen molar-refractivity contribution in [2.45, 2.75) is 50.7 Å². The van der Waals surface area contributed by atoms with Gasteiger partial charge in [-0.2, -0.15) is 11.8 Å². The summed E-state index contributed by atoms with van der Waals surface area (Å²) >= 11 is 2.06. The first-order valence-corrected chi connectivity index (χ1v) is 8.61. The van der Waals surface area contributed by atoms with Crippen LogP contribution in [0.2, 0.25) is 0 Å². The highest BCUT2D eigenvalue weighted by Crippen LogP contribution is 2.39. The van der Waals surface area contributed by atoms with Crippen molar-refractivity contribution in [2.24, 2.45) is 5.73 Å². The van der Waals surface area contributed by atoms with Crippen molar-refractivity contribution < 1.29 is 4.74 Å². The zero-order valence-electron chi connectivity index (χ0n) is 11.7. The molecule has 2 fully saturated rings. The third kappa shape index (κ3) is 3.62. The molecule has 2 atom stereocenters. The summed E-state index contributed by atoms with van der Waals surface area (Å²) in [7, 11) is 0. The minimum Gasteiger partial charge on any atom is -0.374 e. The van der Waals surface area contributed by atoms with E-state index < -0.39 is 0 Å². The van der Waals surface area contributed by atoms with Crippen LogP contribution in [-0.2, 0) is 4.74 Å². The fraction of sp³-hybridized carbons (Fsp3) is 1.00. The maximum atomic E-state index is 6.11. The molecular weight excluding hydrogens is 244 g/mol. The smallest absolute Gasteiger partial charge is 0.0795 e. The molecule has 0 aromatic carbocycles. The first-order chi connectivity index (χ1) is 8.79. The summed E-state index contributed by atoms with van der Waals surface area (Å²) in [5, 5.41) is 0. The average molecular weight is 272 g/mol. The standard InChI is InChI=1S/C14H28N2OS/c1-2-3-7-16(8-6-15)13-4-9-17-14(11-13)5-10-18-12-14/h13H,2-12,15H2,1H3. The number of unbranched alkanes of at least 4 members (excludes halogenated alkanes) is 1. The van der Waals surface area contributed by atoms with Gasteiger partial charge in [0.25, 0.3) is 0 Å². The van der Waals surface area contributed by atoms with Gasteiger partial charge in [0.2, 0.25) is 0 Å². The van der Waals surface area contributed by atoms with Crippen molar-refractivity contribution in [3.8, 4) is 0 Å². The Labute approximate surface area is 116 Å². The molecule has 0 aliphatic carbocycles. The molecule has 0 amide bonds. The van der Waals surface area contributed by atoms with Gasteiger partial charge in [-0.15, -0.1) is 0 Å². The lowest BCUT2D eigenvalue weighted by molar-refractivity contribution is -0.0893. The van der Waals surface area contributed by atoms with E-state index in [1.54, 1.807) is 0 Å². The van der Waals surface area contributed by atoms with Gasteiger partial charge >= 0.3 is 0 Å². The largest absolute Gasteiger partial charge is 0.374 e. The van der Waals surface area contributed by atoms with Gasteiger partial charge in [-0.25, -0.2) is 0 Å². The zero-order chi connectivity index (χ0) is 12.8. The van der Waals surface area contributed by atoms with Crippen LogP contribution in [0, 0.1) is 0 Å². The number of nitrogens with two attached hydrogens (primary N) is 1. The van der Waals surface area contributed by atoms with Crippen LogP contribution in [0.5, 0.6) is 0 Å². The number of ether oxygens (including phenoxy) is 1. The number of thioether (sulfide) groups is 1. The highest BCUT2D eigenvalue weighted by Gasteiger charge is 2.41. The number of rotatable bonds is 6. The van der Waals surface area contributed by atoms with E-state index in [2.05, 4.69) is 23.6 Å². The predicted octanol–water partition coefficient (Wildman–Crippen LogP) is 2.10. The van der Waals surface area contributed by atoms with Crippen LogP contribution in [0.1, 0.15) is 39.0 Å². The fourth-order valence-electron chi connectivity index (χ4n) is 3.18. The predicted molar refractivity (Wildman–Crippen MR) is 79.2 cm³/mol. The van der Waals surface area contributed by atoms with Gasteiger partial charge in [-0.3, -0.25) is 4.90 Å². The minimum atomic E-state index is 0.201. The highest BCUT2D eigenvalue weighted by molar-refractivity contribution is 7.99. The van der Waals surface area contributed by atoms with E-state index in [-0.39, 0.29) is 5.60 Å². The van der Waals surface area contributed by atoms with Crippen molar-refractivity contribution in [1.82, 2.24) is 4.90 Å². The van der Waals surface area contributed by atoms with Crippen LogP contribution < -0.4 is 5.73 Å². The van der Waals surface area contributed by atoms with E-state index in [1.807, 2.05) is 0 Å². The van der Waals surface area contributed by atoms with Crippen molar-refractivity contribution in [2.75, 3.05) is 37.7 Å². The molecule has 2 aliphatic heterocycles. The van der Waals surface area contributed by atoms with Gasteiger partial charge in [0.05, 0.1) is 5.60 Å². The molecule has 2 N–H and O–H groups in total. The Bertz CT molecular complexity index is 244. The summed E-state index contributed by atoms with van der Waals surface area (Å²) < 4.78 is 6.11. The second kappa shape index (κ2) is 7.13. The lowest BCUT2D eigenvalue weighted by atomic mass is 9.89. The number of hydrogen-bond donors (Lipinski definition) is 1. The van der Waals surface area contributed by atoms with E-state index in [9.17, 15) is 0 Å². The quantitative estimate of drug-likeness (QED) is 0.804. The van der Waals surface area contributed by atoms with Crippen LogP contribution in [0.4, 0.5) is 0 Å². The molecule has 18 heavy (non-hydrogen) atoms. The molecule has 2 heterocycles. The van der Waals surface area contributed by atoms with Crippen LogP contribution in [0.25, 0.3) is 0 Å². The topological polar surface area (TPSA) is 38.5 Å². The Balaban J connectivity index is 1.91. The van der Waals surface area contributed by atoms with E-state index in [1.165, 1.54) is 50.2 Å². The van der Waals surface area contributed by atoms with Gasteiger partial charge in [-0.1, -0.05) is 13.3 Å². The van der Waals surface area contributed by atoms with Crippen molar-refractivity contribution in [3.63, 3.8) is 0 Å². The maximum Gasteiger partial charge on any atom is 0.0795 e. The van der Waals surface area contributed by atoms with Crippen molar-refractivity contribution >= 4 is 11.8 Å². The van der Waals surface area contributed by atoms with Gasteiger partial charge in [0.1, 0.15) is 0 Å². The minimum absolute atomic E-state index is 0.201. The third-order valence-electron chi connectivity index (χ3n) is 4.27. The Morgan fingerprint density at radius 2 is 2.33 bits per heavy atom. The van der Waals surface area contributed by atoms with Crippen LogP contribution in [-0.4, -0.2) is 54.3 Å². The van der Waals surface area contributed by atoms with Gasteiger partial charge in [0, 0.05) is 31.5 Å². The van der Waals surface area contributed by atoms with Crippen LogP contribution >= 0.6 is 11.8 Å². The van der Waals surface area contributed by atoms with E-state index in [0.717, 1.165) is 19.7 Å². The third-order valence-corrected chi connectivity index (χ3v) is 5.49. The SMILES string of the molecule is CCCCN(CCN)C1CCOC2(CCSC2)C1. The number of hydrogen-bond acceptors (Lipinski definition) is 4. The summed E-state index contributed by atoms with van der Waals surface area (Å²) in [5.41, 5.74) is 5.98. The summed E-state index contributed by atoms with van der Waals surface area (Å²) in [5.74, 6) is 2.48. The molecule has 2 unspecified atom stereocenters. The summed E-state index contributed by atoms with van der Waals surface area (Å²) in [6, 6.07) is 0.701. The summed E-state index contributed by atoms with van der Waals surface area (Å²) in [6.45, 7) is 6.25. The summed E-state index contributed by atoms with van der Waals surface area (Å²) in [6.07, 6.45) is 6.22. The molecule has 0 bridgehead atoms. The molecule has 1 spiro atoms. The van der Waals surface area contributed by atoms with Crippen molar-refractivity contribution in [3.05, 3.63) is 0 Å². The molecule has 0 radical (unpaired) electrons. The van der Waals surface area contributed by atoms with Crippen LogP contribution in [0.15, 0.2) is 0 Å². The summed E-state index contributed by atoms with van der Waals surface area (Å²) in [4.78, 5) is 2.62. The monoisotopic (exact) mass is 272 g/mol. The van der Waals surface area contributed by atoms with E-state index in [4.69, 9.17) is 10.5 Å². The Morgan fingerprint density at radius 3 is 3.00 bits per heavy atom. The first kappa shape index (κ1) is 14.6. The first-order valence-electron chi connectivity index (χ1n) is 7.45. The van der Waals surface area contributed by atoms with Crippen molar-refractivity contribution in [1.29, 1.82) is 0 Å². The fourth-order valence-corrected chi connectivity index (χ4v) is 4.56. The molecule has 106 valence electrons. The van der Waals surface area contributed by atoms with E-state index in [0.29, 0.717) is 6.04 Å². The Morgan fingerprint density at radius 1 is 1.44 bits per heavy atom. The highest BCUT2D eigenvalue weighted by atomic mass is 32.2. The lowest BCUT2D eigenvalue weighted by Gasteiger charge is -2.42. The molecule has 3 nitrogen and oxygen atoms in total. The van der Waals surface area contributed by atoms with Crippen LogP contribution in [0.3, 0.4) is 0 Å². The molecular formula is C14H28N2OS. The van der Waals surface area contributed by atoms with Gasteiger partial charge in [-0.05, 0) is 38.0 Å². The molecule has 4 heteroatoms. The second-order valence-corrected chi connectivity index (χ2v) is 6.76. The number of nitrogens with zero attached hydrogens (tertiary/aromatic N) is 1. The molecule has 0 aromatic rings. The Kier molecular flexibility index (Phi) is 5.80. The molecule has 0 saturated carbocycles. The van der Waals surface area contributed by atoms with Gasteiger partial charge in [0.15, 0.2) is 0 Å². The zero-order valence-corrected chi connectivity index (χ0v) is 12.5. The molecule has 0 aromatic heterocycles. The molecule has 2 rings (SSSR count). The molecule has 2 saturated heterocycles. The molecule has 2 aliphatic rings. The second-order valence-electron chi connectivity index (χ2n) is 5.66. The normalized spacial score (nSPS) is 32.5. The maximum absolute atomic E-state index is 6.11.